The summed E-state index contributed by atoms with van der Waals surface area (Å²) in [6, 6.07) is 5.99. The molecule has 0 bridgehead atoms. The summed E-state index contributed by atoms with van der Waals surface area (Å²) in [7, 11) is 0. The van der Waals surface area contributed by atoms with Crippen molar-refractivity contribution in [1.82, 2.24) is 0 Å². The van der Waals surface area contributed by atoms with Crippen LogP contribution in [-0.4, -0.2) is 19.3 Å². The van der Waals surface area contributed by atoms with Crippen molar-refractivity contribution in [2.24, 2.45) is 5.73 Å². The second kappa shape index (κ2) is 5.85. The van der Waals surface area contributed by atoms with Gasteiger partial charge in [-0.05, 0) is 19.1 Å². The summed E-state index contributed by atoms with van der Waals surface area (Å²) < 4.78 is 12.4. The van der Waals surface area contributed by atoms with E-state index in [1.807, 2.05) is 25.1 Å². The van der Waals surface area contributed by atoms with E-state index in [2.05, 4.69) is 15.9 Å². The van der Waals surface area contributed by atoms with E-state index >= 15 is 0 Å². The molecule has 1 heterocycles. The Morgan fingerprint density at radius 2 is 2.12 bits per heavy atom. The highest BCUT2D eigenvalue weighted by Gasteiger charge is 2.18. The maximum atomic E-state index is 6.04. The standard InChI is InChI=1S/C13H18BrNO2/c1-9(15)12-3-2-10(14)8-13(12)17-11-4-6-16-7-5-11/h2-3,8-9,11H,4-7,15H2,1H3/t9-/m1/s1. The molecule has 1 aromatic rings. The molecular formula is C13H18BrNO2. The fraction of sp³-hybridized carbons (Fsp3) is 0.538. The van der Waals surface area contributed by atoms with Gasteiger partial charge in [0, 0.05) is 28.9 Å². The summed E-state index contributed by atoms with van der Waals surface area (Å²) in [5.41, 5.74) is 7.00. The summed E-state index contributed by atoms with van der Waals surface area (Å²) in [4.78, 5) is 0. The van der Waals surface area contributed by atoms with E-state index in [9.17, 15) is 0 Å². The molecule has 0 radical (unpaired) electrons. The molecule has 1 saturated heterocycles. The Labute approximate surface area is 110 Å². The molecule has 2 N–H and O–H groups in total. The predicted molar refractivity (Wildman–Crippen MR) is 71.2 cm³/mol. The van der Waals surface area contributed by atoms with Gasteiger partial charge in [0.2, 0.25) is 0 Å². The van der Waals surface area contributed by atoms with Crippen molar-refractivity contribution in [3.63, 3.8) is 0 Å². The van der Waals surface area contributed by atoms with E-state index in [0.717, 1.165) is 41.8 Å². The van der Waals surface area contributed by atoms with Crippen LogP contribution in [0.2, 0.25) is 0 Å². The minimum absolute atomic E-state index is 0.0158. The van der Waals surface area contributed by atoms with E-state index in [4.69, 9.17) is 15.2 Å². The van der Waals surface area contributed by atoms with Crippen LogP contribution in [0.25, 0.3) is 0 Å². The number of benzene rings is 1. The molecule has 0 unspecified atom stereocenters. The molecule has 1 fully saturated rings. The maximum Gasteiger partial charge on any atom is 0.125 e. The monoisotopic (exact) mass is 299 g/mol. The lowest BCUT2D eigenvalue weighted by molar-refractivity contribution is 0.0251. The third-order valence-corrected chi connectivity index (χ3v) is 3.42. The van der Waals surface area contributed by atoms with Crippen LogP contribution in [0.15, 0.2) is 22.7 Å². The molecule has 0 aromatic heterocycles. The molecule has 1 aliphatic rings. The summed E-state index contributed by atoms with van der Waals surface area (Å²) in [5.74, 6) is 0.890. The van der Waals surface area contributed by atoms with E-state index < -0.39 is 0 Å². The van der Waals surface area contributed by atoms with Crippen LogP contribution in [0.4, 0.5) is 0 Å². The number of ether oxygens (including phenoxy) is 2. The van der Waals surface area contributed by atoms with Gasteiger partial charge in [0.25, 0.3) is 0 Å². The molecule has 1 aliphatic heterocycles. The molecule has 0 amide bonds. The van der Waals surface area contributed by atoms with Gasteiger partial charge in [-0.3, -0.25) is 0 Å². The quantitative estimate of drug-likeness (QED) is 0.933. The van der Waals surface area contributed by atoms with Crippen molar-refractivity contribution in [1.29, 1.82) is 0 Å². The first-order chi connectivity index (χ1) is 8.16. The van der Waals surface area contributed by atoms with Gasteiger partial charge >= 0.3 is 0 Å². The Morgan fingerprint density at radius 1 is 1.41 bits per heavy atom. The van der Waals surface area contributed by atoms with E-state index in [-0.39, 0.29) is 12.1 Å². The fourth-order valence-corrected chi connectivity index (χ4v) is 2.30. The van der Waals surface area contributed by atoms with Gasteiger partial charge in [0.05, 0.1) is 13.2 Å². The largest absolute Gasteiger partial charge is 0.490 e. The zero-order valence-corrected chi connectivity index (χ0v) is 11.6. The number of halogens is 1. The van der Waals surface area contributed by atoms with E-state index in [1.165, 1.54) is 0 Å². The molecule has 3 nitrogen and oxygen atoms in total. The van der Waals surface area contributed by atoms with Crippen LogP contribution in [0.3, 0.4) is 0 Å². The Hall–Kier alpha value is -0.580. The van der Waals surface area contributed by atoms with Gasteiger partial charge in [-0.2, -0.15) is 0 Å². The maximum absolute atomic E-state index is 6.04. The van der Waals surface area contributed by atoms with Crippen LogP contribution < -0.4 is 10.5 Å². The Bertz CT molecular complexity index is 376. The van der Waals surface area contributed by atoms with Crippen LogP contribution in [0.1, 0.15) is 31.4 Å². The van der Waals surface area contributed by atoms with Gasteiger partial charge in [-0.1, -0.05) is 22.0 Å². The van der Waals surface area contributed by atoms with Crippen LogP contribution >= 0.6 is 15.9 Å². The lowest BCUT2D eigenvalue weighted by Gasteiger charge is -2.25. The molecule has 1 aromatic carbocycles. The smallest absolute Gasteiger partial charge is 0.125 e. The highest BCUT2D eigenvalue weighted by molar-refractivity contribution is 9.10. The van der Waals surface area contributed by atoms with Crippen molar-refractivity contribution in [3.05, 3.63) is 28.2 Å². The second-order valence-corrected chi connectivity index (χ2v) is 5.32. The van der Waals surface area contributed by atoms with Crippen molar-refractivity contribution < 1.29 is 9.47 Å². The van der Waals surface area contributed by atoms with Gasteiger partial charge in [-0.15, -0.1) is 0 Å². The summed E-state index contributed by atoms with van der Waals surface area (Å²) >= 11 is 3.46. The highest BCUT2D eigenvalue weighted by Crippen LogP contribution is 2.29. The van der Waals surface area contributed by atoms with Crippen molar-refractivity contribution >= 4 is 15.9 Å². The second-order valence-electron chi connectivity index (χ2n) is 4.40. The molecule has 17 heavy (non-hydrogen) atoms. The minimum atomic E-state index is -0.0158. The molecule has 94 valence electrons. The van der Waals surface area contributed by atoms with Crippen LogP contribution in [0, 0.1) is 0 Å². The number of hydrogen-bond donors (Lipinski definition) is 1. The normalized spacial score (nSPS) is 19.0. The fourth-order valence-electron chi connectivity index (χ4n) is 1.96. The van der Waals surface area contributed by atoms with Crippen molar-refractivity contribution in [2.45, 2.75) is 31.9 Å². The van der Waals surface area contributed by atoms with Gasteiger partial charge in [0.1, 0.15) is 11.9 Å². The first-order valence-electron chi connectivity index (χ1n) is 5.96. The summed E-state index contributed by atoms with van der Waals surface area (Å²) in [6.45, 7) is 3.54. The first kappa shape index (κ1) is 12.9. The van der Waals surface area contributed by atoms with Gasteiger partial charge in [0.15, 0.2) is 0 Å². The first-order valence-corrected chi connectivity index (χ1v) is 6.75. The van der Waals surface area contributed by atoms with Crippen LogP contribution in [0.5, 0.6) is 5.75 Å². The lowest BCUT2D eigenvalue weighted by atomic mass is 10.1. The van der Waals surface area contributed by atoms with E-state index in [0.29, 0.717) is 0 Å². The minimum Gasteiger partial charge on any atom is -0.490 e. The number of hydrogen-bond acceptors (Lipinski definition) is 3. The lowest BCUT2D eigenvalue weighted by Crippen LogP contribution is -2.26. The Kier molecular flexibility index (Phi) is 4.42. The average Bonchev–Trinajstić information content (AvgIpc) is 2.30. The molecule has 0 spiro atoms. The Morgan fingerprint density at radius 3 is 2.76 bits per heavy atom. The highest BCUT2D eigenvalue weighted by atomic mass is 79.9. The number of nitrogens with two attached hydrogens (primary N) is 1. The van der Waals surface area contributed by atoms with Crippen LogP contribution in [-0.2, 0) is 4.74 Å². The molecule has 2 rings (SSSR count). The molecule has 1 atom stereocenters. The zero-order chi connectivity index (χ0) is 12.3. The van der Waals surface area contributed by atoms with Crippen molar-refractivity contribution in [3.8, 4) is 5.75 Å². The van der Waals surface area contributed by atoms with Gasteiger partial charge in [-0.25, -0.2) is 0 Å². The third-order valence-electron chi connectivity index (χ3n) is 2.93. The SMILES string of the molecule is C[C@@H](N)c1ccc(Br)cc1OC1CCOCC1. The molecule has 0 saturated carbocycles. The summed E-state index contributed by atoms with van der Waals surface area (Å²) in [5, 5.41) is 0. The topological polar surface area (TPSA) is 44.5 Å². The molecule has 4 heteroatoms. The Balaban J connectivity index is 2.14. The summed E-state index contributed by atoms with van der Waals surface area (Å²) in [6.07, 6.45) is 2.14. The van der Waals surface area contributed by atoms with E-state index in [1.54, 1.807) is 0 Å². The average molecular weight is 300 g/mol. The molecule has 0 aliphatic carbocycles. The number of rotatable bonds is 3. The van der Waals surface area contributed by atoms with Crippen molar-refractivity contribution in [2.75, 3.05) is 13.2 Å². The third kappa shape index (κ3) is 3.44. The zero-order valence-electron chi connectivity index (χ0n) is 9.99. The van der Waals surface area contributed by atoms with Gasteiger partial charge < -0.3 is 15.2 Å². The predicted octanol–water partition coefficient (Wildman–Crippen LogP) is 3.03. The molecular weight excluding hydrogens is 282 g/mol.